The number of carboxylic acids is 1. The average Bonchev–Trinajstić information content (AvgIpc) is 3.01. The Kier molecular flexibility index (Phi) is 6.26. The first-order chi connectivity index (χ1) is 11.1. The molecule has 1 aliphatic rings. The Morgan fingerprint density at radius 2 is 1.91 bits per heavy atom. The molecule has 0 aliphatic heterocycles. The molecule has 0 spiro atoms. The summed E-state index contributed by atoms with van der Waals surface area (Å²) in [6, 6.07) is 7.28. The second kappa shape index (κ2) is 8.41. The average molecular weight is 321 g/mol. The lowest BCUT2D eigenvalue weighted by atomic mass is 10.1. The van der Waals surface area contributed by atoms with Crippen LogP contribution in [0, 0.1) is 5.92 Å². The molecule has 1 amide bonds. The van der Waals surface area contributed by atoms with Gasteiger partial charge in [0.15, 0.2) is 0 Å². The van der Waals surface area contributed by atoms with E-state index in [1.54, 1.807) is 7.11 Å². The van der Waals surface area contributed by atoms with E-state index in [9.17, 15) is 9.59 Å². The van der Waals surface area contributed by atoms with Gasteiger partial charge in [0.1, 0.15) is 11.5 Å². The highest BCUT2D eigenvalue weighted by atomic mass is 16.5. The van der Waals surface area contributed by atoms with Crippen LogP contribution in [0.15, 0.2) is 24.3 Å². The van der Waals surface area contributed by atoms with E-state index in [1.165, 1.54) is 0 Å². The summed E-state index contributed by atoms with van der Waals surface area (Å²) in [6.07, 6.45) is 2.91. The molecule has 6 nitrogen and oxygen atoms in total. The number of benzene rings is 1. The highest BCUT2D eigenvalue weighted by molar-refractivity contribution is 5.76. The Morgan fingerprint density at radius 1 is 1.22 bits per heavy atom. The lowest BCUT2D eigenvalue weighted by molar-refractivity contribution is -0.141. The Labute approximate surface area is 135 Å². The number of hydrogen-bond acceptors (Lipinski definition) is 4. The molecule has 23 heavy (non-hydrogen) atoms. The first-order valence-electron chi connectivity index (χ1n) is 7.87. The number of nitrogens with one attached hydrogen (secondary N) is 1. The summed E-state index contributed by atoms with van der Waals surface area (Å²) < 4.78 is 10.6. The third kappa shape index (κ3) is 5.47. The lowest BCUT2D eigenvalue weighted by Gasteiger charge is -2.12. The molecule has 1 fully saturated rings. The number of carbonyl (C=O) groups is 2. The van der Waals surface area contributed by atoms with Crippen LogP contribution in [0.1, 0.15) is 32.1 Å². The van der Waals surface area contributed by atoms with Gasteiger partial charge in [-0.25, -0.2) is 0 Å². The van der Waals surface area contributed by atoms with Crippen molar-refractivity contribution < 1.29 is 24.2 Å². The zero-order valence-electron chi connectivity index (χ0n) is 13.3. The molecule has 1 aliphatic carbocycles. The van der Waals surface area contributed by atoms with E-state index in [2.05, 4.69) is 5.32 Å². The van der Waals surface area contributed by atoms with Crippen molar-refractivity contribution in [3.8, 4) is 11.5 Å². The van der Waals surface area contributed by atoms with Gasteiger partial charge >= 0.3 is 5.97 Å². The maximum absolute atomic E-state index is 11.8. The maximum atomic E-state index is 11.8. The highest BCUT2D eigenvalue weighted by Gasteiger charge is 2.30. The van der Waals surface area contributed by atoms with Gasteiger partial charge in [0.05, 0.1) is 19.6 Å². The molecule has 0 bridgehead atoms. The van der Waals surface area contributed by atoms with Crippen LogP contribution in [-0.2, 0) is 9.59 Å². The van der Waals surface area contributed by atoms with Gasteiger partial charge in [-0.05, 0) is 49.9 Å². The predicted octanol–water partition coefficient (Wildman–Crippen LogP) is 2.22. The summed E-state index contributed by atoms with van der Waals surface area (Å²) in [6.45, 7) is 0.460. The molecule has 0 radical (unpaired) electrons. The molecule has 1 aromatic carbocycles. The Hall–Kier alpha value is -2.24. The van der Waals surface area contributed by atoms with Gasteiger partial charge in [-0.2, -0.15) is 0 Å². The number of aliphatic carboxylic acids is 1. The fraction of sp³-hybridized carbons (Fsp3) is 0.529. The van der Waals surface area contributed by atoms with Crippen molar-refractivity contribution in [2.24, 2.45) is 5.92 Å². The van der Waals surface area contributed by atoms with Gasteiger partial charge in [-0.15, -0.1) is 0 Å². The number of rotatable bonds is 8. The zero-order chi connectivity index (χ0) is 16.7. The summed E-state index contributed by atoms with van der Waals surface area (Å²) in [5, 5.41) is 11.8. The smallest absolute Gasteiger partial charge is 0.306 e. The zero-order valence-corrected chi connectivity index (χ0v) is 13.3. The molecule has 0 unspecified atom stereocenters. The van der Waals surface area contributed by atoms with E-state index in [4.69, 9.17) is 14.6 Å². The van der Waals surface area contributed by atoms with Crippen LogP contribution >= 0.6 is 0 Å². The first-order valence-corrected chi connectivity index (χ1v) is 7.87. The van der Waals surface area contributed by atoms with Crippen LogP contribution in [0.5, 0.6) is 11.5 Å². The number of carboxylic acid groups (broad SMARTS) is 1. The second-order valence-electron chi connectivity index (χ2n) is 5.74. The minimum atomic E-state index is -0.769. The van der Waals surface area contributed by atoms with Crippen LogP contribution in [-0.4, -0.2) is 36.7 Å². The van der Waals surface area contributed by atoms with Crippen molar-refractivity contribution in [3.63, 3.8) is 0 Å². The van der Waals surface area contributed by atoms with Crippen molar-refractivity contribution in [1.29, 1.82) is 0 Å². The largest absolute Gasteiger partial charge is 0.497 e. The van der Waals surface area contributed by atoms with Gasteiger partial charge in [-0.1, -0.05) is 0 Å². The third-order valence-electron chi connectivity index (χ3n) is 4.02. The molecule has 2 N–H and O–H groups in total. The molecule has 2 atom stereocenters. The minimum Gasteiger partial charge on any atom is -0.497 e. The standard InChI is InChI=1S/C17H23NO5/c1-22-14-6-8-15(9-7-14)23-10-2-3-16(19)18-13-5-4-12(11-13)17(20)21/h6-9,12-13H,2-5,10-11H2,1H3,(H,18,19)(H,20,21)/t12-,13+/m1/s1. The molecule has 1 aromatic rings. The van der Waals surface area contributed by atoms with Crippen molar-refractivity contribution in [1.82, 2.24) is 5.32 Å². The van der Waals surface area contributed by atoms with Crippen molar-refractivity contribution in [3.05, 3.63) is 24.3 Å². The molecular weight excluding hydrogens is 298 g/mol. The molecular formula is C17H23NO5. The fourth-order valence-corrected chi connectivity index (χ4v) is 2.73. The van der Waals surface area contributed by atoms with E-state index in [1.807, 2.05) is 24.3 Å². The van der Waals surface area contributed by atoms with Crippen molar-refractivity contribution >= 4 is 11.9 Å². The quantitative estimate of drug-likeness (QED) is 0.717. The summed E-state index contributed by atoms with van der Waals surface area (Å²) in [7, 11) is 1.61. The third-order valence-corrected chi connectivity index (χ3v) is 4.02. The van der Waals surface area contributed by atoms with Crippen LogP contribution in [0.25, 0.3) is 0 Å². The van der Waals surface area contributed by atoms with Crippen LogP contribution in [0.2, 0.25) is 0 Å². The number of methoxy groups -OCH3 is 1. The number of carbonyl (C=O) groups excluding carboxylic acids is 1. The molecule has 0 heterocycles. The Morgan fingerprint density at radius 3 is 2.52 bits per heavy atom. The van der Waals surface area contributed by atoms with Crippen LogP contribution in [0.3, 0.4) is 0 Å². The first kappa shape index (κ1) is 17.1. The Balaban J connectivity index is 1.60. The highest BCUT2D eigenvalue weighted by Crippen LogP contribution is 2.25. The van der Waals surface area contributed by atoms with Gasteiger partial charge in [0, 0.05) is 12.5 Å². The van der Waals surface area contributed by atoms with Gasteiger partial charge < -0.3 is 19.9 Å². The number of hydrogen-bond donors (Lipinski definition) is 2. The molecule has 126 valence electrons. The predicted molar refractivity (Wildman–Crippen MR) is 84.6 cm³/mol. The molecule has 0 aromatic heterocycles. The van der Waals surface area contributed by atoms with Crippen molar-refractivity contribution in [2.45, 2.75) is 38.1 Å². The summed E-state index contributed by atoms with van der Waals surface area (Å²) >= 11 is 0. The van der Waals surface area contributed by atoms with E-state index >= 15 is 0 Å². The summed E-state index contributed by atoms with van der Waals surface area (Å²) in [4.78, 5) is 22.7. The van der Waals surface area contributed by atoms with Crippen LogP contribution in [0.4, 0.5) is 0 Å². The molecule has 0 saturated heterocycles. The normalized spacial score (nSPS) is 20.0. The maximum Gasteiger partial charge on any atom is 0.306 e. The SMILES string of the molecule is COc1ccc(OCCCC(=O)N[C@H]2CC[C@@H](C(=O)O)C2)cc1. The van der Waals surface area contributed by atoms with E-state index in [0.717, 1.165) is 17.9 Å². The number of amides is 1. The van der Waals surface area contributed by atoms with E-state index in [0.29, 0.717) is 32.3 Å². The second-order valence-corrected chi connectivity index (χ2v) is 5.74. The topological polar surface area (TPSA) is 84.9 Å². The van der Waals surface area contributed by atoms with Gasteiger partial charge in [-0.3, -0.25) is 9.59 Å². The summed E-state index contributed by atoms with van der Waals surface area (Å²) in [5.41, 5.74) is 0. The minimum absolute atomic E-state index is 0.00823. The molecule has 1 saturated carbocycles. The van der Waals surface area contributed by atoms with E-state index in [-0.39, 0.29) is 17.9 Å². The number of ether oxygens (including phenoxy) is 2. The van der Waals surface area contributed by atoms with E-state index < -0.39 is 5.97 Å². The lowest BCUT2D eigenvalue weighted by Crippen LogP contribution is -2.33. The summed E-state index contributed by atoms with van der Waals surface area (Å²) in [5.74, 6) is 0.381. The molecule has 2 rings (SSSR count). The van der Waals surface area contributed by atoms with Gasteiger partial charge in [0.2, 0.25) is 5.91 Å². The fourth-order valence-electron chi connectivity index (χ4n) is 2.73. The van der Waals surface area contributed by atoms with Crippen LogP contribution < -0.4 is 14.8 Å². The van der Waals surface area contributed by atoms with Gasteiger partial charge in [0.25, 0.3) is 0 Å². The monoisotopic (exact) mass is 321 g/mol. The molecule has 6 heteroatoms. The Bertz CT molecular complexity index is 528. The van der Waals surface area contributed by atoms with Crippen molar-refractivity contribution in [2.75, 3.05) is 13.7 Å².